The van der Waals surface area contributed by atoms with E-state index in [9.17, 15) is 0 Å². The Kier molecular flexibility index (Phi) is 123. The minimum atomic E-state index is 0. The average molecular weight is 379 g/mol. The van der Waals surface area contributed by atoms with Crippen LogP contribution in [-0.2, 0) is 16.8 Å². The number of hydrogen-bond acceptors (Lipinski definition) is 0. The second-order valence-corrected chi connectivity index (χ2v) is 0. The molecule has 1 nitrogen and oxygen atoms in total. The van der Waals surface area contributed by atoms with Crippen LogP contribution in [0.1, 0.15) is 0 Å². The fourth-order valence-electron chi connectivity index (χ4n) is 0. The molecule has 0 saturated heterocycles. The first-order valence-electron chi connectivity index (χ1n) is 0. The van der Waals surface area contributed by atoms with Gasteiger partial charge in [-0.1, -0.05) is 0 Å². The van der Waals surface area contributed by atoms with E-state index in [1.165, 1.54) is 0 Å². The fourth-order valence-corrected chi connectivity index (χ4v) is 0. The topological polar surface area (TPSA) is 31.5 Å². The summed E-state index contributed by atoms with van der Waals surface area (Å²) in [6, 6.07) is 0. The maximum atomic E-state index is 0. The van der Waals surface area contributed by atoms with Gasteiger partial charge < -0.3 is 5.48 Å². The van der Waals surface area contributed by atoms with Crippen LogP contribution in [0.2, 0.25) is 0 Å². The second-order valence-electron chi connectivity index (χ2n) is 0. The Morgan fingerprint density at radius 3 is 1.00 bits per heavy atom. The molecule has 4 heavy (non-hydrogen) atoms. The molecule has 0 unspecified atom stereocenters. The first-order valence-corrected chi connectivity index (χ1v) is 0. The molecule has 0 heterocycles. The normalized spacial score (nSPS) is 0. The molecule has 0 aromatic heterocycles. The van der Waals surface area contributed by atoms with Gasteiger partial charge in [-0.3, -0.25) is 0 Å². The van der Waals surface area contributed by atoms with Crippen LogP contribution in [0.3, 0.4) is 0 Å². The van der Waals surface area contributed by atoms with Crippen molar-refractivity contribution in [3.05, 3.63) is 0 Å². The van der Waals surface area contributed by atoms with Crippen LogP contribution in [0.4, 0.5) is 0 Å². The third-order valence-electron chi connectivity index (χ3n) is 0. The van der Waals surface area contributed by atoms with Gasteiger partial charge in [-0.15, -0.1) is 0 Å². The van der Waals surface area contributed by atoms with Gasteiger partial charge in [-0.05, 0) is 0 Å². The third-order valence-corrected chi connectivity index (χ3v) is 0. The third kappa shape index (κ3) is 8.85. The van der Waals surface area contributed by atoms with E-state index in [2.05, 4.69) is 0 Å². The Balaban J connectivity index is 0. The summed E-state index contributed by atoms with van der Waals surface area (Å²) in [5.41, 5.74) is 0. The molecule has 0 spiro atoms. The van der Waals surface area contributed by atoms with Crippen molar-refractivity contribution >= 4 is 71.7 Å². The summed E-state index contributed by atoms with van der Waals surface area (Å²) in [5, 5.41) is 0. The molecule has 0 aliphatic carbocycles. The standard InChI is InChI=1S/Bi.Co.H2O.Sr.5H/h;;1H2;;;;;;. The minimum absolute atomic E-state index is 0. The molecule has 0 amide bonds. The van der Waals surface area contributed by atoms with E-state index >= 15 is 0 Å². The monoisotopic (exact) mass is 379 g/mol. The molecule has 0 aliphatic heterocycles. The summed E-state index contributed by atoms with van der Waals surface area (Å²) < 4.78 is 0. The molecule has 0 aromatic rings. The van der Waals surface area contributed by atoms with E-state index in [0.717, 1.165) is 0 Å². The number of hydrogen-bond donors (Lipinski definition) is 0. The van der Waals surface area contributed by atoms with Gasteiger partial charge in [0.1, 0.15) is 0 Å². The van der Waals surface area contributed by atoms with Crippen LogP contribution in [0.15, 0.2) is 0 Å². The van der Waals surface area contributed by atoms with Gasteiger partial charge in [0.2, 0.25) is 0 Å². The average Bonchev–Trinajstić information content (AvgIpc) is 0. The first kappa shape index (κ1) is 29.0. The zero-order chi connectivity index (χ0) is 0. The Morgan fingerprint density at radius 2 is 1.00 bits per heavy atom. The van der Waals surface area contributed by atoms with Crippen molar-refractivity contribution in [2.75, 3.05) is 0 Å². The van der Waals surface area contributed by atoms with E-state index in [0.29, 0.717) is 0 Å². The molecule has 0 saturated carbocycles. The SMILES string of the molecule is O.[BiH3].[Co].[SrH2]. The summed E-state index contributed by atoms with van der Waals surface area (Å²) in [6.07, 6.45) is 0. The Morgan fingerprint density at radius 1 is 1.00 bits per heavy atom. The van der Waals surface area contributed by atoms with Gasteiger partial charge in [-0.25, -0.2) is 0 Å². The van der Waals surface area contributed by atoms with Crippen molar-refractivity contribution in [3.63, 3.8) is 0 Å². The van der Waals surface area contributed by atoms with Gasteiger partial charge in [0.15, 0.2) is 0 Å². The van der Waals surface area contributed by atoms with Crippen molar-refractivity contribution in [2.45, 2.75) is 0 Å². The zero-order valence-corrected chi connectivity index (χ0v) is 8.08. The van der Waals surface area contributed by atoms with Gasteiger partial charge >= 0.3 is 71.7 Å². The summed E-state index contributed by atoms with van der Waals surface area (Å²) in [7, 11) is 0. The Labute approximate surface area is 91.8 Å². The van der Waals surface area contributed by atoms with Crippen molar-refractivity contribution in [2.24, 2.45) is 0 Å². The molecule has 0 aliphatic rings. The van der Waals surface area contributed by atoms with Crippen LogP contribution in [-0.4, -0.2) is 77.2 Å². The zero-order valence-electron chi connectivity index (χ0n) is 1.54. The van der Waals surface area contributed by atoms with E-state index in [4.69, 9.17) is 0 Å². The first-order chi connectivity index (χ1) is 0. The van der Waals surface area contributed by atoms with Crippen LogP contribution in [0.5, 0.6) is 0 Å². The molecule has 0 rings (SSSR count). The molecule has 4 heteroatoms. The van der Waals surface area contributed by atoms with Crippen molar-refractivity contribution in [3.8, 4) is 0 Å². The predicted molar refractivity (Wildman–Crippen MR) is 22.1 cm³/mol. The Bertz CT molecular complexity index is 8.00. The van der Waals surface area contributed by atoms with Gasteiger partial charge in [0.05, 0.1) is 0 Å². The maximum absolute atomic E-state index is 0. The molecule has 0 bridgehead atoms. The van der Waals surface area contributed by atoms with Gasteiger partial charge in [-0.2, -0.15) is 0 Å². The van der Waals surface area contributed by atoms with E-state index < -0.39 is 0 Å². The molecular weight excluding hydrogens is 372 g/mol. The molecule has 0 atom stereocenters. The predicted octanol–water partition coefficient (Wildman–Crippen LogP) is -2.93. The van der Waals surface area contributed by atoms with E-state index in [1.807, 2.05) is 0 Å². The van der Waals surface area contributed by atoms with Crippen molar-refractivity contribution in [1.29, 1.82) is 0 Å². The molecule has 1 radical (unpaired) electrons. The van der Waals surface area contributed by atoms with E-state index in [-0.39, 0.29) is 93.9 Å². The molecule has 2 N–H and O–H groups in total. The summed E-state index contributed by atoms with van der Waals surface area (Å²) in [6.45, 7) is 0. The second kappa shape index (κ2) is 17.0. The van der Waals surface area contributed by atoms with Crippen molar-refractivity contribution in [1.82, 2.24) is 0 Å². The number of rotatable bonds is 0. The fraction of sp³-hybridized carbons (Fsp3) is 0. The molecular formula is H7BiCoOSr. The molecule has 0 aromatic carbocycles. The summed E-state index contributed by atoms with van der Waals surface area (Å²) in [5.74, 6) is 0. The van der Waals surface area contributed by atoms with Crippen LogP contribution >= 0.6 is 0 Å². The van der Waals surface area contributed by atoms with Crippen LogP contribution in [0.25, 0.3) is 0 Å². The van der Waals surface area contributed by atoms with Crippen LogP contribution < -0.4 is 0 Å². The summed E-state index contributed by atoms with van der Waals surface area (Å²) >= 11 is 0. The quantitative estimate of drug-likeness (QED) is 0.405. The summed E-state index contributed by atoms with van der Waals surface area (Å²) in [4.78, 5) is 0. The van der Waals surface area contributed by atoms with Gasteiger partial charge in [0, 0.05) is 16.8 Å². The molecule has 0 fully saturated rings. The van der Waals surface area contributed by atoms with Crippen molar-refractivity contribution < 1.29 is 22.3 Å². The van der Waals surface area contributed by atoms with E-state index in [1.54, 1.807) is 0 Å². The Hall–Kier alpha value is 2.83. The molecule has 29 valence electrons. The van der Waals surface area contributed by atoms with Gasteiger partial charge in [0.25, 0.3) is 0 Å². The van der Waals surface area contributed by atoms with Crippen LogP contribution in [0, 0.1) is 0 Å².